The van der Waals surface area contributed by atoms with Gasteiger partial charge < -0.3 is 10.2 Å². The highest BCUT2D eigenvalue weighted by atomic mass is 16.3. The SMILES string of the molecule is CC1=CC=C[C@H](O)[C@@H]1O. The summed E-state index contributed by atoms with van der Waals surface area (Å²) < 4.78 is 0. The number of rotatable bonds is 0. The van der Waals surface area contributed by atoms with Gasteiger partial charge in [0.05, 0.1) is 0 Å². The topological polar surface area (TPSA) is 40.5 Å². The fraction of sp³-hybridized carbons (Fsp3) is 0.429. The summed E-state index contributed by atoms with van der Waals surface area (Å²) in [6.07, 6.45) is 3.69. The molecule has 9 heavy (non-hydrogen) atoms. The summed E-state index contributed by atoms with van der Waals surface area (Å²) in [7, 11) is 0. The molecule has 0 aromatic heterocycles. The van der Waals surface area contributed by atoms with Crippen molar-refractivity contribution in [1.82, 2.24) is 0 Å². The molecule has 0 amide bonds. The molecule has 1 aliphatic rings. The average molecular weight is 126 g/mol. The summed E-state index contributed by atoms with van der Waals surface area (Å²) in [6.45, 7) is 1.79. The Balaban J connectivity index is 2.73. The third-order valence-corrected chi connectivity index (χ3v) is 1.46. The molecule has 0 saturated heterocycles. The largest absolute Gasteiger partial charge is 0.386 e. The molecule has 1 rings (SSSR count). The van der Waals surface area contributed by atoms with Crippen LogP contribution in [0, 0.1) is 0 Å². The molecule has 1 aliphatic carbocycles. The highest BCUT2D eigenvalue weighted by Gasteiger charge is 2.16. The number of aliphatic hydroxyl groups excluding tert-OH is 2. The van der Waals surface area contributed by atoms with Gasteiger partial charge in [0, 0.05) is 0 Å². The van der Waals surface area contributed by atoms with E-state index in [4.69, 9.17) is 10.2 Å². The molecule has 2 heteroatoms. The molecule has 2 atom stereocenters. The van der Waals surface area contributed by atoms with Gasteiger partial charge in [0.15, 0.2) is 0 Å². The van der Waals surface area contributed by atoms with E-state index in [0.717, 1.165) is 5.57 Å². The molecule has 0 bridgehead atoms. The van der Waals surface area contributed by atoms with Crippen molar-refractivity contribution in [1.29, 1.82) is 0 Å². The predicted octanol–water partition coefficient (Wildman–Crippen LogP) is 0.224. The van der Waals surface area contributed by atoms with Crippen molar-refractivity contribution in [3.63, 3.8) is 0 Å². The molecular formula is C7H10O2. The van der Waals surface area contributed by atoms with Gasteiger partial charge in [-0.3, -0.25) is 0 Å². The summed E-state index contributed by atoms with van der Waals surface area (Å²) in [5, 5.41) is 18.0. The van der Waals surface area contributed by atoms with Crippen molar-refractivity contribution in [2.24, 2.45) is 0 Å². The van der Waals surface area contributed by atoms with Gasteiger partial charge in [-0.05, 0) is 12.5 Å². The van der Waals surface area contributed by atoms with Crippen LogP contribution in [-0.2, 0) is 0 Å². The Morgan fingerprint density at radius 1 is 1.44 bits per heavy atom. The minimum absolute atomic E-state index is 0.699. The van der Waals surface area contributed by atoms with Crippen LogP contribution in [0.1, 0.15) is 6.92 Å². The molecule has 0 aromatic carbocycles. The summed E-state index contributed by atoms with van der Waals surface area (Å²) in [5.74, 6) is 0. The second kappa shape index (κ2) is 2.33. The first kappa shape index (κ1) is 6.52. The molecule has 0 fully saturated rings. The van der Waals surface area contributed by atoms with Crippen LogP contribution in [0.3, 0.4) is 0 Å². The van der Waals surface area contributed by atoms with E-state index >= 15 is 0 Å². The fourth-order valence-electron chi connectivity index (χ4n) is 0.794. The van der Waals surface area contributed by atoms with E-state index in [0.29, 0.717) is 0 Å². The van der Waals surface area contributed by atoms with E-state index in [2.05, 4.69) is 0 Å². The average Bonchev–Trinajstić information content (AvgIpc) is 1.83. The normalized spacial score (nSPS) is 34.3. The Hall–Kier alpha value is -0.600. The molecule has 2 nitrogen and oxygen atoms in total. The first-order chi connectivity index (χ1) is 4.22. The Morgan fingerprint density at radius 3 is 2.56 bits per heavy atom. The minimum atomic E-state index is -0.713. The summed E-state index contributed by atoms with van der Waals surface area (Å²) >= 11 is 0. The van der Waals surface area contributed by atoms with Crippen molar-refractivity contribution >= 4 is 0 Å². The van der Waals surface area contributed by atoms with Crippen LogP contribution >= 0.6 is 0 Å². The van der Waals surface area contributed by atoms with Crippen LogP contribution < -0.4 is 0 Å². The quantitative estimate of drug-likeness (QED) is 0.487. The predicted molar refractivity (Wildman–Crippen MR) is 34.9 cm³/mol. The molecule has 2 N–H and O–H groups in total. The van der Waals surface area contributed by atoms with E-state index in [9.17, 15) is 0 Å². The van der Waals surface area contributed by atoms with Gasteiger partial charge in [-0.2, -0.15) is 0 Å². The minimum Gasteiger partial charge on any atom is -0.386 e. The first-order valence-corrected chi connectivity index (χ1v) is 2.93. The van der Waals surface area contributed by atoms with E-state index in [1.54, 1.807) is 25.2 Å². The maximum absolute atomic E-state index is 9.08. The second-order valence-electron chi connectivity index (χ2n) is 2.23. The lowest BCUT2D eigenvalue weighted by Crippen LogP contribution is -2.26. The molecule has 0 aromatic rings. The van der Waals surface area contributed by atoms with Gasteiger partial charge in [0.25, 0.3) is 0 Å². The Kier molecular flexibility index (Phi) is 1.69. The first-order valence-electron chi connectivity index (χ1n) is 2.93. The smallest absolute Gasteiger partial charge is 0.105 e. The van der Waals surface area contributed by atoms with Crippen LogP contribution in [0.2, 0.25) is 0 Å². The summed E-state index contributed by atoms with van der Waals surface area (Å²) in [4.78, 5) is 0. The summed E-state index contributed by atoms with van der Waals surface area (Å²) in [5.41, 5.74) is 0.810. The zero-order valence-electron chi connectivity index (χ0n) is 5.28. The van der Waals surface area contributed by atoms with Gasteiger partial charge in [0.2, 0.25) is 0 Å². The lowest BCUT2D eigenvalue weighted by atomic mass is 10.0. The van der Waals surface area contributed by atoms with E-state index in [-0.39, 0.29) is 0 Å². The molecule has 50 valence electrons. The Labute approximate surface area is 54.1 Å². The number of hydrogen-bond donors (Lipinski definition) is 2. The van der Waals surface area contributed by atoms with Crippen molar-refractivity contribution in [2.45, 2.75) is 19.1 Å². The molecule has 0 radical (unpaired) electrons. The maximum Gasteiger partial charge on any atom is 0.105 e. The third-order valence-electron chi connectivity index (χ3n) is 1.46. The van der Waals surface area contributed by atoms with E-state index in [1.807, 2.05) is 0 Å². The fourth-order valence-corrected chi connectivity index (χ4v) is 0.794. The molecule has 0 spiro atoms. The monoisotopic (exact) mass is 126 g/mol. The van der Waals surface area contributed by atoms with Crippen LogP contribution in [0.4, 0.5) is 0 Å². The zero-order valence-corrected chi connectivity index (χ0v) is 5.28. The van der Waals surface area contributed by atoms with Crippen LogP contribution in [0.25, 0.3) is 0 Å². The van der Waals surface area contributed by atoms with Crippen molar-refractivity contribution in [3.8, 4) is 0 Å². The van der Waals surface area contributed by atoms with Crippen molar-refractivity contribution < 1.29 is 10.2 Å². The van der Waals surface area contributed by atoms with Gasteiger partial charge >= 0.3 is 0 Å². The number of aliphatic hydroxyl groups is 2. The zero-order chi connectivity index (χ0) is 6.85. The standard InChI is InChI=1S/C7H10O2/c1-5-3-2-4-6(8)7(5)9/h2-4,6-9H,1H3/t6-,7+/m0/s1. The maximum atomic E-state index is 9.08. The van der Waals surface area contributed by atoms with E-state index < -0.39 is 12.2 Å². The number of hydrogen-bond acceptors (Lipinski definition) is 2. The lowest BCUT2D eigenvalue weighted by Gasteiger charge is -2.17. The van der Waals surface area contributed by atoms with Gasteiger partial charge in [-0.1, -0.05) is 18.2 Å². The third kappa shape index (κ3) is 1.20. The second-order valence-corrected chi connectivity index (χ2v) is 2.23. The highest BCUT2D eigenvalue weighted by Crippen LogP contribution is 2.11. The van der Waals surface area contributed by atoms with E-state index in [1.165, 1.54) is 0 Å². The Bertz CT molecular complexity index is 158. The Morgan fingerprint density at radius 2 is 2.11 bits per heavy atom. The molecular weight excluding hydrogens is 116 g/mol. The van der Waals surface area contributed by atoms with Crippen molar-refractivity contribution in [3.05, 3.63) is 23.8 Å². The van der Waals surface area contributed by atoms with Crippen molar-refractivity contribution in [2.75, 3.05) is 0 Å². The van der Waals surface area contributed by atoms with Crippen LogP contribution in [0.15, 0.2) is 23.8 Å². The highest BCUT2D eigenvalue weighted by molar-refractivity contribution is 5.23. The molecule has 0 heterocycles. The molecule has 0 unspecified atom stereocenters. The van der Waals surface area contributed by atoms with Gasteiger partial charge in [-0.25, -0.2) is 0 Å². The lowest BCUT2D eigenvalue weighted by molar-refractivity contribution is 0.0716. The summed E-state index contributed by atoms with van der Waals surface area (Å²) in [6, 6.07) is 0. The van der Waals surface area contributed by atoms with Crippen LogP contribution in [-0.4, -0.2) is 22.4 Å². The van der Waals surface area contributed by atoms with Gasteiger partial charge in [-0.15, -0.1) is 0 Å². The van der Waals surface area contributed by atoms with Gasteiger partial charge in [0.1, 0.15) is 12.2 Å². The molecule has 0 saturated carbocycles. The number of allylic oxidation sites excluding steroid dienone is 2. The molecule has 0 aliphatic heterocycles. The van der Waals surface area contributed by atoms with Crippen LogP contribution in [0.5, 0.6) is 0 Å².